The van der Waals surface area contributed by atoms with E-state index in [1.54, 1.807) is 11.8 Å². The van der Waals surface area contributed by atoms with Crippen molar-refractivity contribution in [2.75, 3.05) is 36.6 Å². The van der Waals surface area contributed by atoms with Crippen LogP contribution in [0.5, 0.6) is 0 Å². The number of nitrogens with one attached hydrogen (secondary N) is 1. The van der Waals surface area contributed by atoms with Crippen molar-refractivity contribution in [3.63, 3.8) is 0 Å². The summed E-state index contributed by atoms with van der Waals surface area (Å²) in [6.45, 7) is 0.522. The highest BCUT2D eigenvalue weighted by molar-refractivity contribution is 7.98. The molecule has 110 valence electrons. The van der Waals surface area contributed by atoms with Gasteiger partial charge in [-0.05, 0) is 6.26 Å². The number of rotatable bonds is 5. The van der Waals surface area contributed by atoms with Gasteiger partial charge in [0.25, 0.3) is 0 Å². The molecule has 0 spiro atoms. The normalized spacial score (nSPS) is 21.9. The third-order valence-electron chi connectivity index (χ3n) is 2.78. The van der Waals surface area contributed by atoms with Crippen LogP contribution in [-0.4, -0.2) is 73.1 Å². The number of hydrogen-bond acceptors (Lipinski definition) is 5. The second-order valence-electron chi connectivity index (χ2n) is 4.28. The maximum absolute atomic E-state index is 11.9. The Morgan fingerprint density at radius 2 is 2.16 bits per heavy atom. The Kier molecular flexibility index (Phi) is 5.92. The fourth-order valence-electron chi connectivity index (χ4n) is 1.89. The lowest BCUT2D eigenvalue weighted by atomic mass is 10.2. The molecule has 0 aromatic heterocycles. The van der Waals surface area contributed by atoms with E-state index >= 15 is 0 Å². The van der Waals surface area contributed by atoms with Crippen LogP contribution in [0.15, 0.2) is 0 Å². The molecular weight excluding hydrogens is 292 g/mol. The van der Waals surface area contributed by atoms with Crippen molar-refractivity contribution in [3.05, 3.63) is 0 Å². The Hall–Kier alpha value is -0.960. The van der Waals surface area contributed by atoms with Crippen molar-refractivity contribution in [1.29, 1.82) is 0 Å². The molecule has 1 aliphatic heterocycles. The van der Waals surface area contributed by atoms with Crippen LogP contribution in [0.2, 0.25) is 0 Å². The number of hydrogen-bond donors (Lipinski definition) is 2. The molecule has 2 N–H and O–H groups in total. The zero-order valence-corrected chi connectivity index (χ0v) is 12.3. The minimum Gasteiger partial charge on any atom is -0.481 e. The van der Waals surface area contributed by atoms with E-state index in [0.717, 1.165) is 5.75 Å². The SMILES string of the molecule is CSCCNC(=O)N1CCS(=O)(=O)CC1CC(=O)O. The van der Waals surface area contributed by atoms with E-state index in [2.05, 4.69) is 5.32 Å². The van der Waals surface area contributed by atoms with E-state index in [0.29, 0.717) is 6.54 Å². The molecule has 7 nitrogen and oxygen atoms in total. The van der Waals surface area contributed by atoms with Crippen LogP contribution in [0.4, 0.5) is 4.79 Å². The number of carbonyl (C=O) groups excluding carboxylic acids is 1. The zero-order chi connectivity index (χ0) is 14.5. The maximum Gasteiger partial charge on any atom is 0.317 e. The Labute approximate surface area is 116 Å². The minimum atomic E-state index is -3.26. The molecule has 1 aliphatic rings. The first kappa shape index (κ1) is 16.1. The first-order chi connectivity index (χ1) is 8.85. The molecule has 0 aromatic rings. The Balaban J connectivity index is 2.67. The third kappa shape index (κ3) is 5.27. The first-order valence-corrected chi connectivity index (χ1v) is 9.03. The van der Waals surface area contributed by atoms with E-state index < -0.39 is 27.9 Å². The summed E-state index contributed by atoms with van der Waals surface area (Å²) in [6.07, 6.45) is 1.56. The largest absolute Gasteiger partial charge is 0.481 e. The lowest BCUT2D eigenvalue weighted by Crippen LogP contribution is -2.55. The number of carboxylic acid groups (broad SMARTS) is 1. The van der Waals surface area contributed by atoms with Gasteiger partial charge in [0.05, 0.1) is 24.0 Å². The summed E-state index contributed by atoms with van der Waals surface area (Å²) in [4.78, 5) is 24.0. The van der Waals surface area contributed by atoms with Gasteiger partial charge >= 0.3 is 12.0 Å². The molecule has 0 aliphatic carbocycles. The van der Waals surface area contributed by atoms with E-state index in [-0.39, 0.29) is 24.5 Å². The second-order valence-corrected chi connectivity index (χ2v) is 7.50. The highest BCUT2D eigenvalue weighted by Gasteiger charge is 2.35. The van der Waals surface area contributed by atoms with Crippen LogP contribution < -0.4 is 5.32 Å². The van der Waals surface area contributed by atoms with E-state index in [9.17, 15) is 18.0 Å². The molecule has 1 heterocycles. The number of thioether (sulfide) groups is 1. The smallest absolute Gasteiger partial charge is 0.317 e. The third-order valence-corrected chi connectivity index (χ3v) is 5.09. The predicted molar refractivity (Wildman–Crippen MR) is 73.2 cm³/mol. The number of nitrogens with zero attached hydrogens (tertiary/aromatic N) is 1. The molecule has 1 atom stereocenters. The van der Waals surface area contributed by atoms with Gasteiger partial charge in [0.1, 0.15) is 0 Å². The topological polar surface area (TPSA) is 104 Å². The first-order valence-electron chi connectivity index (χ1n) is 5.81. The van der Waals surface area contributed by atoms with E-state index in [4.69, 9.17) is 5.11 Å². The van der Waals surface area contributed by atoms with Crippen LogP contribution in [-0.2, 0) is 14.6 Å². The van der Waals surface area contributed by atoms with Crippen molar-refractivity contribution in [3.8, 4) is 0 Å². The minimum absolute atomic E-state index is 0.0470. The summed E-state index contributed by atoms with van der Waals surface area (Å²) in [7, 11) is -3.26. The molecule has 0 saturated carbocycles. The lowest BCUT2D eigenvalue weighted by molar-refractivity contribution is -0.138. The van der Waals surface area contributed by atoms with Crippen molar-refractivity contribution < 1.29 is 23.1 Å². The molecule has 9 heteroatoms. The summed E-state index contributed by atoms with van der Waals surface area (Å²) in [5, 5.41) is 11.5. The summed E-state index contributed by atoms with van der Waals surface area (Å²) in [6, 6.07) is -1.18. The van der Waals surface area contributed by atoms with Crippen LogP contribution in [0.25, 0.3) is 0 Å². The van der Waals surface area contributed by atoms with Crippen molar-refractivity contribution in [2.24, 2.45) is 0 Å². The molecule has 1 fully saturated rings. The molecule has 1 unspecified atom stereocenters. The van der Waals surface area contributed by atoms with Gasteiger partial charge in [0.15, 0.2) is 9.84 Å². The molecule has 1 saturated heterocycles. The van der Waals surface area contributed by atoms with Crippen molar-refractivity contribution in [1.82, 2.24) is 10.2 Å². The van der Waals surface area contributed by atoms with Crippen molar-refractivity contribution >= 4 is 33.6 Å². The average Bonchev–Trinajstić information content (AvgIpc) is 2.27. The molecule has 1 rings (SSSR count). The number of carbonyl (C=O) groups is 2. The Bertz CT molecular complexity index is 437. The van der Waals surface area contributed by atoms with Crippen LogP contribution >= 0.6 is 11.8 Å². The number of carboxylic acids is 1. The fourth-order valence-corrected chi connectivity index (χ4v) is 3.72. The molecule has 19 heavy (non-hydrogen) atoms. The van der Waals surface area contributed by atoms with Gasteiger partial charge in [-0.25, -0.2) is 13.2 Å². The number of amides is 2. The average molecular weight is 310 g/mol. The highest BCUT2D eigenvalue weighted by atomic mass is 32.2. The molecule has 2 amide bonds. The van der Waals surface area contributed by atoms with Crippen molar-refractivity contribution in [2.45, 2.75) is 12.5 Å². The van der Waals surface area contributed by atoms with Gasteiger partial charge in [0, 0.05) is 18.8 Å². The lowest BCUT2D eigenvalue weighted by Gasteiger charge is -2.34. The molecule has 0 bridgehead atoms. The zero-order valence-electron chi connectivity index (χ0n) is 10.7. The van der Waals surface area contributed by atoms with E-state index in [1.165, 1.54) is 4.90 Å². The maximum atomic E-state index is 11.9. The summed E-state index contributed by atoms with van der Waals surface area (Å²) in [5.74, 6) is -0.750. The second kappa shape index (κ2) is 6.99. The molecule has 0 radical (unpaired) electrons. The monoisotopic (exact) mass is 310 g/mol. The predicted octanol–water partition coefficient (Wildman–Crippen LogP) is -0.367. The van der Waals surface area contributed by atoms with Gasteiger partial charge in [-0.15, -0.1) is 0 Å². The summed E-state index contributed by atoms with van der Waals surface area (Å²) >= 11 is 1.58. The number of sulfone groups is 1. The Morgan fingerprint density at radius 3 is 2.74 bits per heavy atom. The van der Waals surface area contributed by atoms with Crippen LogP contribution in [0.1, 0.15) is 6.42 Å². The van der Waals surface area contributed by atoms with Gasteiger partial charge in [-0.3, -0.25) is 4.79 Å². The van der Waals surface area contributed by atoms with Crippen LogP contribution in [0.3, 0.4) is 0 Å². The number of urea groups is 1. The number of aliphatic carboxylic acids is 1. The van der Waals surface area contributed by atoms with Gasteiger partial charge < -0.3 is 15.3 Å². The van der Waals surface area contributed by atoms with Gasteiger partial charge in [-0.2, -0.15) is 11.8 Å². The molecular formula is C10H18N2O5S2. The molecule has 0 aromatic carbocycles. The fraction of sp³-hybridized carbons (Fsp3) is 0.800. The van der Waals surface area contributed by atoms with Gasteiger partial charge in [0.2, 0.25) is 0 Å². The summed E-state index contributed by atoms with van der Waals surface area (Å²) < 4.78 is 23.0. The standard InChI is InChI=1S/C10H18N2O5S2/c1-18-4-2-11-10(15)12-3-5-19(16,17)7-8(12)6-9(13)14/h8H,2-7H2,1H3,(H,11,15)(H,13,14). The highest BCUT2D eigenvalue weighted by Crippen LogP contribution is 2.15. The van der Waals surface area contributed by atoms with Gasteiger partial charge in [-0.1, -0.05) is 0 Å². The van der Waals surface area contributed by atoms with E-state index in [1.807, 2.05) is 6.26 Å². The Morgan fingerprint density at radius 1 is 1.47 bits per heavy atom. The van der Waals surface area contributed by atoms with Crippen LogP contribution in [0, 0.1) is 0 Å². The quantitative estimate of drug-likeness (QED) is 0.672. The summed E-state index contributed by atoms with van der Waals surface area (Å²) in [5.41, 5.74) is 0.